The average Bonchev–Trinajstić information content (AvgIpc) is 2.36. The Hall–Kier alpha value is -1.67. The standard InChI is InChI=1S/C18H22FN/c1-11-7-13(3)16(14(4)8-11)10-18(20)15-6-5-12(2)17(19)9-15/h5-9,18H,10,20H2,1-4H3. The molecule has 0 aliphatic heterocycles. The van der Waals surface area contributed by atoms with Gasteiger partial charge in [0.05, 0.1) is 0 Å². The number of aryl methyl sites for hydroxylation is 4. The molecule has 20 heavy (non-hydrogen) atoms. The van der Waals surface area contributed by atoms with Crippen molar-refractivity contribution in [2.45, 2.75) is 40.2 Å². The highest BCUT2D eigenvalue weighted by Gasteiger charge is 2.12. The average molecular weight is 271 g/mol. The fourth-order valence-corrected chi connectivity index (χ4v) is 2.71. The van der Waals surface area contributed by atoms with Gasteiger partial charge in [-0.15, -0.1) is 0 Å². The van der Waals surface area contributed by atoms with Crippen LogP contribution in [0.2, 0.25) is 0 Å². The Balaban J connectivity index is 2.27. The quantitative estimate of drug-likeness (QED) is 0.885. The van der Waals surface area contributed by atoms with E-state index in [-0.39, 0.29) is 11.9 Å². The fraction of sp³-hybridized carbons (Fsp3) is 0.333. The molecule has 2 N–H and O–H groups in total. The summed E-state index contributed by atoms with van der Waals surface area (Å²) in [5, 5.41) is 0. The summed E-state index contributed by atoms with van der Waals surface area (Å²) in [6.45, 7) is 8.08. The summed E-state index contributed by atoms with van der Waals surface area (Å²) in [7, 11) is 0. The molecule has 0 aliphatic rings. The Kier molecular flexibility index (Phi) is 4.24. The highest BCUT2D eigenvalue weighted by atomic mass is 19.1. The van der Waals surface area contributed by atoms with E-state index in [9.17, 15) is 4.39 Å². The molecule has 0 aromatic heterocycles. The van der Waals surface area contributed by atoms with E-state index in [1.807, 2.05) is 6.07 Å². The first-order chi connectivity index (χ1) is 9.38. The molecule has 0 saturated carbocycles. The maximum Gasteiger partial charge on any atom is 0.126 e. The summed E-state index contributed by atoms with van der Waals surface area (Å²) in [6, 6.07) is 9.43. The number of hydrogen-bond donors (Lipinski definition) is 1. The molecule has 0 saturated heterocycles. The van der Waals surface area contributed by atoms with E-state index in [1.54, 1.807) is 19.1 Å². The topological polar surface area (TPSA) is 26.0 Å². The lowest BCUT2D eigenvalue weighted by Gasteiger charge is -2.17. The lowest BCUT2D eigenvalue weighted by molar-refractivity contribution is 0.609. The van der Waals surface area contributed by atoms with Crippen LogP contribution in [0, 0.1) is 33.5 Å². The number of rotatable bonds is 3. The third kappa shape index (κ3) is 3.07. The monoisotopic (exact) mass is 271 g/mol. The van der Waals surface area contributed by atoms with Crippen molar-refractivity contribution < 1.29 is 4.39 Å². The second kappa shape index (κ2) is 5.76. The Morgan fingerprint density at radius 3 is 2.10 bits per heavy atom. The first-order valence-electron chi connectivity index (χ1n) is 6.97. The summed E-state index contributed by atoms with van der Waals surface area (Å²) >= 11 is 0. The zero-order valence-electron chi connectivity index (χ0n) is 12.6. The van der Waals surface area contributed by atoms with E-state index in [0.717, 1.165) is 12.0 Å². The van der Waals surface area contributed by atoms with Crippen molar-refractivity contribution in [3.63, 3.8) is 0 Å². The maximum absolute atomic E-state index is 13.6. The van der Waals surface area contributed by atoms with E-state index in [0.29, 0.717) is 5.56 Å². The second-order valence-electron chi connectivity index (χ2n) is 5.70. The van der Waals surface area contributed by atoms with Gasteiger partial charge in [0.15, 0.2) is 0 Å². The molecule has 1 nitrogen and oxygen atoms in total. The Labute approximate surface area is 120 Å². The third-order valence-electron chi connectivity index (χ3n) is 3.89. The predicted octanol–water partition coefficient (Wildman–Crippen LogP) is 4.30. The van der Waals surface area contributed by atoms with Gasteiger partial charge in [0.25, 0.3) is 0 Å². The summed E-state index contributed by atoms with van der Waals surface area (Å²) in [5.41, 5.74) is 12.8. The molecule has 2 aromatic carbocycles. The first kappa shape index (κ1) is 14.7. The minimum Gasteiger partial charge on any atom is -0.324 e. The van der Waals surface area contributed by atoms with Crippen molar-refractivity contribution in [3.8, 4) is 0 Å². The number of halogens is 1. The molecule has 2 rings (SSSR count). The number of benzene rings is 2. The predicted molar refractivity (Wildman–Crippen MR) is 82.4 cm³/mol. The highest BCUT2D eigenvalue weighted by Crippen LogP contribution is 2.23. The zero-order valence-corrected chi connectivity index (χ0v) is 12.6. The summed E-state index contributed by atoms with van der Waals surface area (Å²) in [5.74, 6) is -0.185. The molecule has 0 spiro atoms. The minimum absolute atomic E-state index is 0.176. The van der Waals surface area contributed by atoms with Gasteiger partial charge >= 0.3 is 0 Å². The molecular formula is C18H22FN. The highest BCUT2D eigenvalue weighted by molar-refractivity contribution is 5.39. The van der Waals surface area contributed by atoms with Gasteiger partial charge in [-0.05, 0) is 68.0 Å². The van der Waals surface area contributed by atoms with E-state index in [2.05, 4.69) is 32.9 Å². The van der Waals surface area contributed by atoms with Crippen LogP contribution in [0.1, 0.15) is 39.4 Å². The maximum atomic E-state index is 13.6. The largest absolute Gasteiger partial charge is 0.324 e. The SMILES string of the molecule is Cc1cc(C)c(CC(N)c2ccc(C)c(F)c2)c(C)c1. The Morgan fingerprint density at radius 1 is 0.950 bits per heavy atom. The summed E-state index contributed by atoms with van der Waals surface area (Å²) in [4.78, 5) is 0. The van der Waals surface area contributed by atoms with E-state index in [1.165, 1.54) is 22.3 Å². The molecule has 0 aliphatic carbocycles. The minimum atomic E-state index is -0.185. The van der Waals surface area contributed by atoms with Gasteiger partial charge < -0.3 is 5.73 Å². The third-order valence-corrected chi connectivity index (χ3v) is 3.89. The molecule has 0 bridgehead atoms. The van der Waals surface area contributed by atoms with Gasteiger partial charge in [-0.3, -0.25) is 0 Å². The van der Waals surface area contributed by atoms with Crippen molar-refractivity contribution in [2.24, 2.45) is 5.73 Å². The van der Waals surface area contributed by atoms with Crippen LogP contribution < -0.4 is 5.73 Å². The molecule has 1 atom stereocenters. The zero-order chi connectivity index (χ0) is 14.9. The number of nitrogens with two attached hydrogens (primary N) is 1. The second-order valence-corrected chi connectivity index (χ2v) is 5.70. The van der Waals surface area contributed by atoms with Crippen molar-refractivity contribution in [3.05, 3.63) is 69.5 Å². The van der Waals surface area contributed by atoms with Gasteiger partial charge in [-0.2, -0.15) is 0 Å². The fourth-order valence-electron chi connectivity index (χ4n) is 2.71. The van der Waals surface area contributed by atoms with Crippen LogP contribution in [0.3, 0.4) is 0 Å². The summed E-state index contributed by atoms with van der Waals surface area (Å²) in [6.07, 6.45) is 0.737. The van der Waals surface area contributed by atoms with Gasteiger partial charge in [0, 0.05) is 6.04 Å². The van der Waals surface area contributed by atoms with Crippen molar-refractivity contribution in [2.75, 3.05) is 0 Å². The van der Waals surface area contributed by atoms with Crippen LogP contribution >= 0.6 is 0 Å². The van der Waals surface area contributed by atoms with Crippen LogP contribution in [0.25, 0.3) is 0 Å². The molecule has 0 fully saturated rings. The van der Waals surface area contributed by atoms with Gasteiger partial charge in [0.1, 0.15) is 5.82 Å². The molecule has 2 aromatic rings. The molecule has 0 radical (unpaired) electrons. The lowest BCUT2D eigenvalue weighted by atomic mass is 9.92. The normalized spacial score (nSPS) is 12.5. The van der Waals surface area contributed by atoms with Gasteiger partial charge in [-0.1, -0.05) is 29.8 Å². The Bertz CT molecular complexity index is 608. The van der Waals surface area contributed by atoms with Gasteiger partial charge in [-0.25, -0.2) is 4.39 Å². The number of hydrogen-bond acceptors (Lipinski definition) is 1. The lowest BCUT2D eigenvalue weighted by Crippen LogP contribution is -2.15. The molecule has 0 amide bonds. The smallest absolute Gasteiger partial charge is 0.126 e. The van der Waals surface area contributed by atoms with Gasteiger partial charge in [0.2, 0.25) is 0 Å². The van der Waals surface area contributed by atoms with Crippen LogP contribution in [0.4, 0.5) is 4.39 Å². The van der Waals surface area contributed by atoms with Crippen molar-refractivity contribution >= 4 is 0 Å². The van der Waals surface area contributed by atoms with Crippen LogP contribution in [-0.4, -0.2) is 0 Å². The van der Waals surface area contributed by atoms with Crippen LogP contribution in [0.15, 0.2) is 30.3 Å². The molecule has 106 valence electrons. The molecular weight excluding hydrogens is 249 g/mol. The first-order valence-corrected chi connectivity index (χ1v) is 6.97. The van der Waals surface area contributed by atoms with Crippen LogP contribution in [-0.2, 0) is 6.42 Å². The molecule has 0 heterocycles. The summed E-state index contributed by atoms with van der Waals surface area (Å²) < 4.78 is 13.6. The van der Waals surface area contributed by atoms with E-state index < -0.39 is 0 Å². The van der Waals surface area contributed by atoms with Crippen molar-refractivity contribution in [1.82, 2.24) is 0 Å². The molecule has 2 heteroatoms. The van der Waals surface area contributed by atoms with Crippen molar-refractivity contribution in [1.29, 1.82) is 0 Å². The van der Waals surface area contributed by atoms with E-state index in [4.69, 9.17) is 5.73 Å². The van der Waals surface area contributed by atoms with Crippen LogP contribution in [0.5, 0.6) is 0 Å². The van der Waals surface area contributed by atoms with E-state index >= 15 is 0 Å². The Morgan fingerprint density at radius 2 is 1.55 bits per heavy atom. The molecule has 1 unspecified atom stereocenters.